The molecule has 0 aromatic carbocycles. The average Bonchev–Trinajstić information content (AvgIpc) is 2.47. The Morgan fingerprint density at radius 2 is 2.05 bits per heavy atom. The number of ether oxygens (including phenoxy) is 1. The third-order valence-corrected chi connectivity index (χ3v) is 5.16. The first-order chi connectivity index (χ1) is 9.99. The van der Waals surface area contributed by atoms with E-state index in [9.17, 15) is 13.2 Å². The van der Waals surface area contributed by atoms with Crippen LogP contribution >= 0.6 is 11.6 Å². The molecule has 1 aromatic heterocycles. The van der Waals surface area contributed by atoms with E-state index >= 15 is 0 Å². The fraction of sp³-hybridized carbons (Fsp3) is 0.615. The molecule has 0 amide bonds. The molecular weight excluding hydrogens is 316 g/mol. The maximum Gasteiger partial charge on any atom is 0.266 e. The molecule has 1 heterocycles. The van der Waals surface area contributed by atoms with Crippen LogP contribution in [0.3, 0.4) is 0 Å². The van der Waals surface area contributed by atoms with Crippen LogP contribution in [0.5, 0.6) is 0 Å². The van der Waals surface area contributed by atoms with Crippen molar-refractivity contribution < 1.29 is 13.2 Å². The van der Waals surface area contributed by atoms with Crippen LogP contribution in [0, 0.1) is 0 Å². The Hall–Kier alpha value is -0.890. The van der Waals surface area contributed by atoms with Crippen molar-refractivity contribution in [2.75, 3.05) is 13.2 Å². The van der Waals surface area contributed by atoms with Crippen molar-refractivity contribution >= 4 is 21.6 Å². The van der Waals surface area contributed by atoms with Gasteiger partial charge in [-0.25, -0.2) is 13.1 Å². The zero-order chi connectivity index (χ0) is 15.3. The van der Waals surface area contributed by atoms with Gasteiger partial charge in [0.2, 0.25) is 10.0 Å². The van der Waals surface area contributed by atoms with Crippen LogP contribution in [-0.2, 0) is 14.8 Å². The van der Waals surface area contributed by atoms with Gasteiger partial charge >= 0.3 is 0 Å². The van der Waals surface area contributed by atoms with E-state index in [1.807, 2.05) is 0 Å². The number of hydrogen-bond donors (Lipinski definition) is 2. The molecule has 0 bridgehead atoms. The van der Waals surface area contributed by atoms with Gasteiger partial charge < -0.3 is 9.72 Å². The van der Waals surface area contributed by atoms with Crippen molar-refractivity contribution in [3.8, 4) is 0 Å². The molecule has 6 nitrogen and oxygen atoms in total. The van der Waals surface area contributed by atoms with Gasteiger partial charge in [-0.1, -0.05) is 30.9 Å². The summed E-state index contributed by atoms with van der Waals surface area (Å²) in [5, 5.41) is -0.156. The quantitative estimate of drug-likeness (QED) is 0.774. The van der Waals surface area contributed by atoms with E-state index in [-0.39, 0.29) is 22.6 Å². The first kappa shape index (κ1) is 16.5. The molecule has 8 heteroatoms. The van der Waals surface area contributed by atoms with Gasteiger partial charge in [-0.3, -0.25) is 4.79 Å². The van der Waals surface area contributed by atoms with E-state index in [4.69, 9.17) is 16.3 Å². The summed E-state index contributed by atoms with van der Waals surface area (Å²) in [5.41, 5.74) is -0.517. The molecule has 1 saturated carbocycles. The summed E-state index contributed by atoms with van der Waals surface area (Å²) in [6.45, 7) is 0.524. The minimum atomic E-state index is -3.69. The molecule has 0 spiro atoms. The van der Waals surface area contributed by atoms with Gasteiger partial charge in [0, 0.05) is 12.7 Å². The number of hydrogen-bond acceptors (Lipinski definition) is 4. The van der Waals surface area contributed by atoms with Crippen LogP contribution in [0.15, 0.2) is 22.0 Å². The van der Waals surface area contributed by atoms with Crippen molar-refractivity contribution in [3.63, 3.8) is 0 Å². The molecule has 0 atom stereocenters. The fourth-order valence-electron chi connectivity index (χ4n) is 2.31. The Morgan fingerprint density at radius 1 is 1.33 bits per heavy atom. The van der Waals surface area contributed by atoms with Crippen LogP contribution in [0.25, 0.3) is 0 Å². The van der Waals surface area contributed by atoms with Crippen LogP contribution < -0.4 is 10.3 Å². The highest BCUT2D eigenvalue weighted by atomic mass is 35.5. The van der Waals surface area contributed by atoms with Crippen LogP contribution in [0.2, 0.25) is 5.02 Å². The van der Waals surface area contributed by atoms with Gasteiger partial charge in [-0.2, -0.15) is 0 Å². The van der Waals surface area contributed by atoms with Crippen LogP contribution in [0.4, 0.5) is 0 Å². The van der Waals surface area contributed by atoms with Gasteiger partial charge in [0.05, 0.1) is 17.6 Å². The second-order valence-electron chi connectivity index (χ2n) is 5.04. The van der Waals surface area contributed by atoms with Gasteiger partial charge in [0.1, 0.15) is 5.02 Å². The molecule has 0 aliphatic heterocycles. The highest BCUT2D eigenvalue weighted by molar-refractivity contribution is 7.89. The molecule has 1 aliphatic rings. The summed E-state index contributed by atoms with van der Waals surface area (Å²) < 4.78 is 32.1. The summed E-state index contributed by atoms with van der Waals surface area (Å²) in [6, 6.07) is 1.13. The maximum atomic E-state index is 12.0. The lowest BCUT2D eigenvalue weighted by Crippen LogP contribution is -2.30. The number of aromatic amines is 1. The summed E-state index contributed by atoms with van der Waals surface area (Å²) in [7, 11) is -3.69. The minimum Gasteiger partial charge on any atom is -0.377 e. The molecule has 0 saturated heterocycles. The average molecular weight is 335 g/mol. The molecule has 0 radical (unpaired) electrons. The molecule has 21 heavy (non-hydrogen) atoms. The van der Waals surface area contributed by atoms with Crippen molar-refractivity contribution in [1.82, 2.24) is 9.71 Å². The van der Waals surface area contributed by atoms with Gasteiger partial charge in [0.25, 0.3) is 5.56 Å². The molecule has 118 valence electrons. The normalized spacial score (nSPS) is 17.0. The third kappa shape index (κ3) is 4.81. The number of H-pyrrole nitrogens is 1. The number of sulfonamides is 1. The number of aromatic nitrogens is 1. The SMILES string of the molecule is O=c1[nH]cc(S(=O)(=O)NCCOC2CCCCC2)cc1Cl. The van der Waals surface area contributed by atoms with E-state index in [2.05, 4.69) is 9.71 Å². The second kappa shape index (κ2) is 7.40. The van der Waals surface area contributed by atoms with Crippen molar-refractivity contribution in [2.24, 2.45) is 0 Å². The third-order valence-electron chi connectivity index (χ3n) is 3.44. The van der Waals surface area contributed by atoms with Gasteiger partial charge in [0.15, 0.2) is 0 Å². The second-order valence-corrected chi connectivity index (χ2v) is 7.22. The summed E-state index contributed by atoms with van der Waals surface area (Å²) in [6.07, 6.45) is 7.05. The molecule has 1 aliphatic carbocycles. The molecule has 0 unspecified atom stereocenters. The number of nitrogens with one attached hydrogen (secondary N) is 2. The Labute approximate surface area is 128 Å². The highest BCUT2D eigenvalue weighted by Crippen LogP contribution is 2.20. The predicted molar refractivity (Wildman–Crippen MR) is 80.1 cm³/mol. The van der Waals surface area contributed by atoms with Crippen molar-refractivity contribution in [3.05, 3.63) is 27.6 Å². The standard InChI is InChI=1S/C13H19ClN2O4S/c14-12-8-11(9-15-13(12)17)21(18,19)16-6-7-20-10-4-2-1-3-5-10/h8-10,16H,1-7H2,(H,15,17). The largest absolute Gasteiger partial charge is 0.377 e. The lowest BCUT2D eigenvalue weighted by atomic mass is 9.98. The van der Waals surface area contributed by atoms with E-state index in [1.54, 1.807) is 0 Å². The topological polar surface area (TPSA) is 88.3 Å². The minimum absolute atomic E-state index is 0.0650. The zero-order valence-electron chi connectivity index (χ0n) is 11.6. The predicted octanol–water partition coefficient (Wildman–Crippen LogP) is 1.66. The van der Waals surface area contributed by atoms with Gasteiger partial charge in [-0.05, 0) is 18.9 Å². The molecule has 2 rings (SSSR count). The molecule has 1 fully saturated rings. The number of pyridine rings is 1. The van der Waals surface area contributed by atoms with E-state index in [0.717, 1.165) is 25.1 Å². The Bertz CT molecular complexity index is 623. The molecular formula is C13H19ClN2O4S. The van der Waals surface area contributed by atoms with Gasteiger partial charge in [-0.15, -0.1) is 0 Å². The van der Waals surface area contributed by atoms with Crippen molar-refractivity contribution in [2.45, 2.75) is 43.1 Å². The highest BCUT2D eigenvalue weighted by Gasteiger charge is 2.16. The van der Waals surface area contributed by atoms with E-state index in [0.29, 0.717) is 6.61 Å². The first-order valence-electron chi connectivity index (χ1n) is 6.98. The Kier molecular flexibility index (Phi) is 5.80. The zero-order valence-corrected chi connectivity index (χ0v) is 13.2. The number of rotatable bonds is 6. The van der Waals surface area contributed by atoms with E-state index < -0.39 is 15.6 Å². The fourth-order valence-corrected chi connectivity index (χ4v) is 3.55. The lowest BCUT2D eigenvalue weighted by Gasteiger charge is -2.21. The molecule has 1 aromatic rings. The summed E-state index contributed by atoms with van der Waals surface area (Å²) >= 11 is 5.62. The Morgan fingerprint density at radius 3 is 2.71 bits per heavy atom. The van der Waals surface area contributed by atoms with Crippen LogP contribution in [0.1, 0.15) is 32.1 Å². The monoisotopic (exact) mass is 334 g/mol. The molecule has 2 N–H and O–H groups in total. The first-order valence-corrected chi connectivity index (χ1v) is 8.84. The Balaban J connectivity index is 1.83. The lowest BCUT2D eigenvalue weighted by molar-refractivity contribution is 0.0321. The van der Waals surface area contributed by atoms with E-state index in [1.165, 1.54) is 19.3 Å². The summed E-state index contributed by atoms with van der Waals surface area (Å²) in [5.74, 6) is 0. The number of halogens is 1. The smallest absolute Gasteiger partial charge is 0.266 e. The van der Waals surface area contributed by atoms with Crippen molar-refractivity contribution in [1.29, 1.82) is 0 Å². The summed E-state index contributed by atoms with van der Waals surface area (Å²) in [4.78, 5) is 13.3. The van der Waals surface area contributed by atoms with Crippen LogP contribution in [-0.4, -0.2) is 32.7 Å². The maximum absolute atomic E-state index is 12.0.